The van der Waals surface area contributed by atoms with Gasteiger partial charge in [0.25, 0.3) is 0 Å². The van der Waals surface area contributed by atoms with E-state index in [4.69, 9.17) is 9.47 Å². The molecular formula is C18H22FN3O3. The summed E-state index contributed by atoms with van der Waals surface area (Å²) in [4.78, 5) is 21.3. The summed E-state index contributed by atoms with van der Waals surface area (Å²) in [6.07, 6.45) is 1.18. The molecule has 2 aromatic rings. The molecule has 7 heteroatoms. The van der Waals surface area contributed by atoms with Crippen LogP contribution in [0.5, 0.6) is 0 Å². The molecule has 6 nitrogen and oxygen atoms in total. The van der Waals surface area contributed by atoms with E-state index in [1.165, 1.54) is 20.0 Å². The van der Waals surface area contributed by atoms with Gasteiger partial charge in [0, 0.05) is 19.6 Å². The molecule has 1 aromatic heterocycles. The van der Waals surface area contributed by atoms with Gasteiger partial charge >= 0.3 is 5.97 Å². The zero-order chi connectivity index (χ0) is 17.4. The number of aromatic amines is 1. The van der Waals surface area contributed by atoms with E-state index in [-0.39, 0.29) is 6.61 Å². The quantitative estimate of drug-likeness (QED) is 0.812. The minimum absolute atomic E-state index is 0.227. The highest BCUT2D eigenvalue weighted by Crippen LogP contribution is 2.31. The summed E-state index contributed by atoms with van der Waals surface area (Å²) in [5.74, 6) is 0.992. The van der Waals surface area contributed by atoms with Crippen molar-refractivity contribution >= 4 is 17.0 Å². The molecule has 0 unspecified atom stereocenters. The van der Waals surface area contributed by atoms with Crippen molar-refractivity contribution in [2.24, 2.45) is 5.92 Å². The summed E-state index contributed by atoms with van der Waals surface area (Å²) >= 11 is 0. The Morgan fingerprint density at radius 3 is 3.00 bits per heavy atom. The van der Waals surface area contributed by atoms with Crippen molar-refractivity contribution in [3.8, 4) is 0 Å². The summed E-state index contributed by atoms with van der Waals surface area (Å²) in [6, 6.07) is 5.12. The molecule has 0 bridgehead atoms. The van der Waals surface area contributed by atoms with Gasteiger partial charge < -0.3 is 14.5 Å². The number of methoxy groups -OCH3 is 1. The third-order valence-corrected chi connectivity index (χ3v) is 4.87. The van der Waals surface area contributed by atoms with Crippen molar-refractivity contribution in [3.05, 3.63) is 29.6 Å². The van der Waals surface area contributed by atoms with Crippen LogP contribution >= 0.6 is 0 Å². The predicted molar refractivity (Wildman–Crippen MR) is 90.1 cm³/mol. The number of fused-ring (bicyclic) bond motifs is 1. The first-order valence-corrected chi connectivity index (χ1v) is 8.67. The lowest BCUT2D eigenvalue weighted by Crippen LogP contribution is -2.25. The van der Waals surface area contributed by atoms with Gasteiger partial charge in [0.05, 0.1) is 23.7 Å². The third-order valence-electron chi connectivity index (χ3n) is 4.87. The normalized spacial score (nSPS) is 24.1. The molecule has 25 heavy (non-hydrogen) atoms. The number of rotatable bonds is 6. The maximum absolute atomic E-state index is 14.1. The Labute approximate surface area is 145 Å². The second-order valence-electron chi connectivity index (χ2n) is 6.93. The van der Waals surface area contributed by atoms with Crippen molar-refractivity contribution in [1.29, 1.82) is 0 Å². The minimum Gasteiger partial charge on any atom is -0.465 e. The lowest BCUT2D eigenvalue weighted by molar-refractivity contribution is 0.00872. The van der Waals surface area contributed by atoms with E-state index < -0.39 is 18.2 Å². The van der Waals surface area contributed by atoms with Crippen LogP contribution in [0.1, 0.15) is 29.0 Å². The zero-order valence-electron chi connectivity index (χ0n) is 14.2. The summed E-state index contributed by atoms with van der Waals surface area (Å²) in [5, 5.41) is 0. The number of carbonyl (C=O) groups excluding carboxylic acids is 1. The molecule has 1 N–H and O–H groups in total. The van der Waals surface area contributed by atoms with Crippen LogP contribution in [0.2, 0.25) is 0 Å². The van der Waals surface area contributed by atoms with Gasteiger partial charge in [-0.15, -0.1) is 0 Å². The Hall–Kier alpha value is -1.99. The first-order valence-electron chi connectivity index (χ1n) is 8.67. The second-order valence-corrected chi connectivity index (χ2v) is 6.93. The van der Waals surface area contributed by atoms with Gasteiger partial charge in [-0.25, -0.2) is 14.2 Å². The largest absolute Gasteiger partial charge is 0.465 e. The lowest BCUT2D eigenvalue weighted by atomic mass is 10.2. The Bertz CT molecular complexity index is 774. The number of halogens is 1. The Balaban J connectivity index is 1.38. The Morgan fingerprint density at radius 2 is 2.24 bits per heavy atom. The van der Waals surface area contributed by atoms with Crippen LogP contribution < -0.4 is 0 Å². The van der Waals surface area contributed by atoms with Crippen LogP contribution in [-0.4, -0.2) is 59.9 Å². The van der Waals surface area contributed by atoms with Gasteiger partial charge in [-0.1, -0.05) is 0 Å². The fourth-order valence-corrected chi connectivity index (χ4v) is 3.34. The fourth-order valence-electron chi connectivity index (χ4n) is 3.34. The number of H-pyrrole nitrogens is 1. The summed E-state index contributed by atoms with van der Waals surface area (Å²) in [5.41, 5.74) is 1.94. The number of alkyl halides is 1. The molecule has 134 valence electrons. The predicted octanol–water partition coefficient (Wildman–Crippen LogP) is 2.30. The van der Waals surface area contributed by atoms with Crippen LogP contribution in [0.3, 0.4) is 0 Å². The Kier molecular flexibility index (Phi) is 4.43. The molecule has 1 saturated carbocycles. The van der Waals surface area contributed by atoms with Gasteiger partial charge in [0.2, 0.25) is 0 Å². The molecule has 4 rings (SSSR count). The molecule has 1 aromatic carbocycles. The number of aromatic nitrogens is 2. The molecule has 2 atom stereocenters. The average molecular weight is 347 g/mol. The molecule has 2 fully saturated rings. The van der Waals surface area contributed by atoms with Crippen LogP contribution in [0.15, 0.2) is 18.2 Å². The van der Waals surface area contributed by atoms with Gasteiger partial charge in [0.1, 0.15) is 24.7 Å². The second kappa shape index (κ2) is 6.72. The van der Waals surface area contributed by atoms with Gasteiger partial charge in [-0.05, 0) is 37.0 Å². The average Bonchev–Trinajstić information content (AvgIpc) is 3.21. The summed E-state index contributed by atoms with van der Waals surface area (Å²) in [7, 11) is 1.35. The molecule has 0 radical (unpaired) electrons. The number of ether oxygens (including phenoxy) is 2. The molecule has 2 heterocycles. The minimum atomic E-state index is -0.950. The number of carbonyl (C=O) groups is 1. The molecule has 0 amide bonds. The topological polar surface area (TPSA) is 67.5 Å². The van der Waals surface area contributed by atoms with E-state index in [1.54, 1.807) is 18.2 Å². The number of esters is 1. The molecule has 2 aliphatic rings. The monoisotopic (exact) mass is 347 g/mol. The summed E-state index contributed by atoms with van der Waals surface area (Å²) < 4.78 is 24.6. The van der Waals surface area contributed by atoms with Crippen molar-refractivity contribution in [2.45, 2.75) is 31.7 Å². The van der Waals surface area contributed by atoms with E-state index in [0.717, 1.165) is 23.5 Å². The number of likely N-dealkylation sites (tertiary alicyclic amines) is 1. The van der Waals surface area contributed by atoms with E-state index in [9.17, 15) is 9.18 Å². The Morgan fingerprint density at radius 1 is 1.40 bits per heavy atom. The zero-order valence-corrected chi connectivity index (χ0v) is 14.2. The number of benzene rings is 1. The third kappa shape index (κ3) is 3.67. The van der Waals surface area contributed by atoms with Crippen molar-refractivity contribution in [3.63, 3.8) is 0 Å². The number of imidazole rings is 1. The van der Waals surface area contributed by atoms with E-state index in [0.29, 0.717) is 24.5 Å². The lowest BCUT2D eigenvalue weighted by Gasteiger charge is -2.14. The highest BCUT2D eigenvalue weighted by Gasteiger charge is 2.36. The van der Waals surface area contributed by atoms with Crippen molar-refractivity contribution < 1.29 is 18.7 Å². The van der Waals surface area contributed by atoms with Crippen LogP contribution in [0, 0.1) is 5.92 Å². The highest BCUT2D eigenvalue weighted by atomic mass is 19.1. The molecule has 1 saturated heterocycles. The van der Waals surface area contributed by atoms with Gasteiger partial charge in [-0.3, -0.25) is 4.90 Å². The van der Waals surface area contributed by atoms with E-state index in [1.807, 2.05) is 0 Å². The van der Waals surface area contributed by atoms with Crippen molar-refractivity contribution in [1.82, 2.24) is 14.9 Å². The number of hydrogen-bond donors (Lipinski definition) is 1. The van der Waals surface area contributed by atoms with Crippen molar-refractivity contribution in [2.75, 3.05) is 26.7 Å². The maximum Gasteiger partial charge on any atom is 0.337 e. The fraction of sp³-hybridized carbons (Fsp3) is 0.556. The van der Waals surface area contributed by atoms with Crippen LogP contribution in [-0.2, 0) is 16.1 Å². The smallest absolute Gasteiger partial charge is 0.337 e. The first kappa shape index (κ1) is 16.5. The highest BCUT2D eigenvalue weighted by molar-refractivity contribution is 5.93. The van der Waals surface area contributed by atoms with E-state index in [2.05, 4.69) is 14.9 Å². The number of nitrogens with zero attached hydrogens (tertiary/aromatic N) is 2. The summed E-state index contributed by atoms with van der Waals surface area (Å²) in [6.45, 7) is 2.32. The standard InChI is InChI=1S/C18H22FN3O3/c1-24-18(23)12-4-5-14-15(6-12)21-17(20-14)10-25-16-9-22(8-13(16)19)7-11-2-3-11/h4-6,11,13,16H,2-3,7-10H2,1H3,(H,20,21)/t13-,16+/m1/s1. The van der Waals surface area contributed by atoms with Crippen LogP contribution in [0.4, 0.5) is 4.39 Å². The molecule has 0 spiro atoms. The molecule has 1 aliphatic heterocycles. The number of hydrogen-bond acceptors (Lipinski definition) is 5. The number of nitrogens with one attached hydrogen (secondary N) is 1. The SMILES string of the molecule is COC(=O)c1ccc2nc(CO[C@H]3CN(CC4CC4)C[C@H]3F)[nH]c2c1. The van der Waals surface area contributed by atoms with Gasteiger partial charge in [0.15, 0.2) is 0 Å². The van der Waals surface area contributed by atoms with E-state index >= 15 is 0 Å². The molecular weight excluding hydrogens is 325 g/mol. The van der Waals surface area contributed by atoms with Gasteiger partial charge in [-0.2, -0.15) is 0 Å². The molecule has 1 aliphatic carbocycles. The maximum atomic E-state index is 14.1. The first-order chi connectivity index (χ1) is 12.1. The van der Waals surface area contributed by atoms with Crippen LogP contribution in [0.25, 0.3) is 11.0 Å².